The third-order valence-corrected chi connectivity index (χ3v) is 16.5. The van der Waals surface area contributed by atoms with E-state index in [0.29, 0.717) is 0 Å². The molecule has 14 aromatic rings. The minimum absolute atomic E-state index is 0.602. The monoisotopic (exact) mass is 966 g/mol. The molecule has 2 heterocycles. The summed E-state index contributed by atoms with van der Waals surface area (Å²) in [4.78, 5) is 2.44. The van der Waals surface area contributed by atoms with Gasteiger partial charge >= 0.3 is 0 Å². The van der Waals surface area contributed by atoms with E-state index in [0.717, 1.165) is 61.4 Å². The van der Waals surface area contributed by atoms with Gasteiger partial charge in [-0.05, 0) is 157 Å². The maximum Gasteiger partial charge on any atom is 0.135 e. The van der Waals surface area contributed by atoms with Crippen molar-refractivity contribution in [3.05, 3.63) is 301 Å². The highest BCUT2D eigenvalue weighted by molar-refractivity contribution is 6.09. The standard InChI is InChI=1S/C73H46N2O/c1-2-16-56-55(15-1)57-17-3-9-23-65(57)73(66-24-10-4-18-58(56)66)67-25-11-5-19-59(67)60-43-42-54(46-68(60)73)74(52-38-33-49(34-39-52)50-35-44-72-64(45-50)63-22-8-14-28-71(63)76-72)51-36-29-47(30-37-51)48-31-40-53(41-32-48)75-69-26-12-6-20-61(69)62-21-7-13-27-70(62)75/h1-46H. The van der Waals surface area contributed by atoms with Crippen LogP contribution < -0.4 is 4.90 Å². The van der Waals surface area contributed by atoms with E-state index in [-0.39, 0.29) is 0 Å². The van der Waals surface area contributed by atoms with Crippen LogP contribution in [0.2, 0.25) is 0 Å². The summed E-state index contributed by atoms with van der Waals surface area (Å²) in [7, 11) is 0. The zero-order valence-electron chi connectivity index (χ0n) is 41.4. The fourth-order valence-corrected chi connectivity index (χ4v) is 13.1. The molecule has 0 amide bonds. The molecule has 12 aromatic carbocycles. The van der Waals surface area contributed by atoms with Gasteiger partial charge in [0.05, 0.1) is 16.4 Å². The van der Waals surface area contributed by atoms with Crippen molar-refractivity contribution < 1.29 is 4.42 Å². The summed E-state index contributed by atoms with van der Waals surface area (Å²) in [6.07, 6.45) is 0. The first-order chi connectivity index (χ1) is 37.7. The Balaban J connectivity index is 0.854. The maximum absolute atomic E-state index is 6.23. The number of furan rings is 1. The summed E-state index contributed by atoms with van der Waals surface area (Å²) in [5, 5.41) is 4.78. The molecule has 0 bridgehead atoms. The number of hydrogen-bond acceptors (Lipinski definition) is 2. The summed E-state index contributed by atoms with van der Waals surface area (Å²) >= 11 is 0. The van der Waals surface area contributed by atoms with Crippen molar-refractivity contribution in [3.8, 4) is 61.3 Å². The predicted octanol–water partition coefficient (Wildman–Crippen LogP) is 19.5. The number of hydrogen-bond donors (Lipinski definition) is 0. The van der Waals surface area contributed by atoms with Crippen LogP contribution in [0.4, 0.5) is 17.1 Å². The molecule has 2 aliphatic carbocycles. The SMILES string of the molecule is c1ccc2c(c1)-c1ccccc1C1(c3ccccc3-2)c2ccccc2-c2ccc(N(c3ccc(-c4ccc(-n5c6ccccc6c6ccccc65)cc4)cc3)c3ccc(-c4ccc5oc6ccccc6c5c4)cc3)cc21. The Morgan fingerprint density at radius 1 is 0.276 bits per heavy atom. The highest BCUT2D eigenvalue weighted by Gasteiger charge is 2.50. The van der Waals surface area contributed by atoms with E-state index in [4.69, 9.17) is 4.42 Å². The average Bonchev–Trinajstić information content (AvgIpc) is 4.14. The van der Waals surface area contributed by atoms with E-state index in [1.54, 1.807) is 0 Å². The zero-order valence-corrected chi connectivity index (χ0v) is 41.4. The lowest BCUT2D eigenvalue weighted by Gasteiger charge is -2.36. The van der Waals surface area contributed by atoms with Crippen LogP contribution in [0.5, 0.6) is 0 Å². The lowest BCUT2D eigenvalue weighted by atomic mass is 9.66. The van der Waals surface area contributed by atoms with E-state index < -0.39 is 5.41 Å². The van der Waals surface area contributed by atoms with Crippen LogP contribution in [0.3, 0.4) is 0 Å². The van der Waals surface area contributed by atoms with Crippen molar-refractivity contribution in [1.29, 1.82) is 0 Å². The molecule has 0 atom stereocenters. The van der Waals surface area contributed by atoms with Crippen LogP contribution in [0.25, 0.3) is 105 Å². The van der Waals surface area contributed by atoms with Crippen molar-refractivity contribution in [3.63, 3.8) is 0 Å². The molecule has 0 saturated heterocycles. The van der Waals surface area contributed by atoms with Gasteiger partial charge in [-0.1, -0.05) is 200 Å². The van der Waals surface area contributed by atoms with E-state index in [1.165, 1.54) is 83.0 Å². The molecule has 76 heavy (non-hydrogen) atoms. The molecule has 0 aliphatic heterocycles. The quantitative estimate of drug-likeness (QED) is 0.166. The van der Waals surface area contributed by atoms with Crippen LogP contribution >= 0.6 is 0 Å². The van der Waals surface area contributed by atoms with Gasteiger partial charge in [0.15, 0.2) is 0 Å². The topological polar surface area (TPSA) is 21.3 Å². The minimum atomic E-state index is -0.602. The van der Waals surface area contributed by atoms with Gasteiger partial charge in [0.1, 0.15) is 11.2 Å². The molecular weight excluding hydrogens is 921 g/mol. The van der Waals surface area contributed by atoms with Gasteiger partial charge in [-0.15, -0.1) is 0 Å². The van der Waals surface area contributed by atoms with Crippen LogP contribution in [0.1, 0.15) is 22.3 Å². The van der Waals surface area contributed by atoms with Crippen molar-refractivity contribution in [2.45, 2.75) is 5.41 Å². The Morgan fingerprint density at radius 2 is 0.684 bits per heavy atom. The molecule has 0 fully saturated rings. The van der Waals surface area contributed by atoms with Crippen molar-refractivity contribution in [1.82, 2.24) is 4.57 Å². The van der Waals surface area contributed by atoms with Crippen LogP contribution in [-0.4, -0.2) is 4.57 Å². The molecule has 0 unspecified atom stereocenters. The number of rotatable bonds is 6. The summed E-state index contributed by atoms with van der Waals surface area (Å²) in [5.74, 6) is 0. The van der Waals surface area contributed by atoms with Gasteiger partial charge in [-0.2, -0.15) is 0 Å². The Bertz CT molecular complexity index is 4510. The molecule has 3 heteroatoms. The first-order valence-corrected chi connectivity index (χ1v) is 26.2. The van der Waals surface area contributed by atoms with Crippen LogP contribution in [0.15, 0.2) is 283 Å². The van der Waals surface area contributed by atoms with Gasteiger partial charge in [0.2, 0.25) is 0 Å². The molecule has 354 valence electrons. The second-order valence-electron chi connectivity index (χ2n) is 20.3. The van der Waals surface area contributed by atoms with Crippen molar-refractivity contribution in [2.24, 2.45) is 0 Å². The number of nitrogens with zero attached hydrogens (tertiary/aromatic N) is 2. The first kappa shape index (κ1) is 42.5. The van der Waals surface area contributed by atoms with Crippen LogP contribution in [0, 0.1) is 0 Å². The fourth-order valence-electron chi connectivity index (χ4n) is 13.1. The van der Waals surface area contributed by atoms with Gasteiger partial charge in [-0.3, -0.25) is 0 Å². The second kappa shape index (κ2) is 16.5. The molecule has 2 aliphatic rings. The Labute approximate surface area is 440 Å². The van der Waals surface area contributed by atoms with Gasteiger partial charge < -0.3 is 13.9 Å². The molecule has 0 saturated carbocycles. The molecular formula is C73H46N2O. The largest absolute Gasteiger partial charge is 0.456 e. The average molecular weight is 967 g/mol. The van der Waals surface area contributed by atoms with E-state index in [9.17, 15) is 0 Å². The highest BCUT2D eigenvalue weighted by Crippen LogP contribution is 2.62. The summed E-state index contributed by atoms with van der Waals surface area (Å²) < 4.78 is 8.60. The summed E-state index contributed by atoms with van der Waals surface area (Å²) in [5.41, 5.74) is 25.3. The van der Waals surface area contributed by atoms with E-state index >= 15 is 0 Å². The number of anilines is 3. The summed E-state index contributed by atoms with van der Waals surface area (Å²) in [6.45, 7) is 0. The second-order valence-corrected chi connectivity index (χ2v) is 20.3. The third kappa shape index (κ3) is 6.17. The first-order valence-electron chi connectivity index (χ1n) is 26.2. The molecule has 0 radical (unpaired) electrons. The van der Waals surface area contributed by atoms with Crippen molar-refractivity contribution >= 4 is 60.8 Å². The third-order valence-electron chi connectivity index (χ3n) is 16.5. The van der Waals surface area contributed by atoms with Gasteiger partial charge in [0, 0.05) is 44.3 Å². The predicted molar refractivity (Wildman–Crippen MR) is 315 cm³/mol. The van der Waals surface area contributed by atoms with E-state index in [1.807, 2.05) is 12.1 Å². The molecule has 1 spiro atoms. The Hall–Kier alpha value is -9.96. The van der Waals surface area contributed by atoms with Gasteiger partial charge in [0.25, 0.3) is 0 Å². The molecule has 16 rings (SSSR count). The Morgan fingerprint density at radius 3 is 1.26 bits per heavy atom. The Kier molecular flexibility index (Phi) is 9.25. The number of fused-ring (bicyclic) bond motifs is 18. The van der Waals surface area contributed by atoms with Gasteiger partial charge in [-0.25, -0.2) is 0 Å². The maximum atomic E-state index is 6.23. The van der Waals surface area contributed by atoms with E-state index in [2.05, 4.69) is 276 Å². The molecule has 2 aromatic heterocycles. The molecule has 0 N–H and O–H groups in total. The zero-order chi connectivity index (χ0) is 49.9. The highest BCUT2D eigenvalue weighted by atomic mass is 16.3. The molecule has 3 nitrogen and oxygen atoms in total. The van der Waals surface area contributed by atoms with Crippen LogP contribution in [-0.2, 0) is 5.41 Å². The lowest BCUT2D eigenvalue weighted by molar-refractivity contribution is 0.669. The number of benzene rings is 12. The summed E-state index contributed by atoms with van der Waals surface area (Å²) in [6, 6.07) is 103. The van der Waals surface area contributed by atoms with Crippen molar-refractivity contribution in [2.75, 3.05) is 4.90 Å². The smallest absolute Gasteiger partial charge is 0.135 e. The normalized spacial score (nSPS) is 12.8. The number of para-hydroxylation sites is 3. The fraction of sp³-hybridized carbons (Fsp3) is 0.0137. The number of aromatic nitrogens is 1. The lowest BCUT2D eigenvalue weighted by Crippen LogP contribution is -2.29. The minimum Gasteiger partial charge on any atom is -0.456 e.